The van der Waals surface area contributed by atoms with Gasteiger partial charge in [0.2, 0.25) is 0 Å². The molecule has 3 aliphatic rings. The van der Waals surface area contributed by atoms with Crippen molar-refractivity contribution >= 4 is 16.4 Å². The summed E-state index contributed by atoms with van der Waals surface area (Å²) < 4.78 is 33.2. The molecule has 3 rings (SSSR count). The average Bonchev–Trinajstić information content (AvgIpc) is 2.75. The molecule has 0 amide bonds. The van der Waals surface area contributed by atoms with Gasteiger partial charge >= 0.3 is 31.1 Å². The van der Waals surface area contributed by atoms with Crippen molar-refractivity contribution in [1.29, 1.82) is 0 Å². The molecule has 4 atom stereocenters. The summed E-state index contributed by atoms with van der Waals surface area (Å²) in [6.07, 6.45) is 4.36. The molecule has 3 saturated heterocycles. The van der Waals surface area contributed by atoms with E-state index in [0.717, 1.165) is 0 Å². The van der Waals surface area contributed by atoms with Gasteiger partial charge < -0.3 is 9.53 Å². The zero-order valence-corrected chi connectivity index (χ0v) is 14.7. The number of carbonyl (C=O) groups excluding carboxylic acids is 1. The minimum Gasteiger partial charge on any atom is -0.542 e. The first-order valence-corrected chi connectivity index (χ1v) is 6.71. The molecule has 3 heterocycles. The van der Waals surface area contributed by atoms with Crippen LogP contribution in [0.3, 0.4) is 0 Å². The van der Waals surface area contributed by atoms with Crippen LogP contribution in [-0.2, 0) is 23.8 Å². The quantitative estimate of drug-likeness (QED) is 0.397. The molecule has 2 bridgehead atoms. The van der Waals surface area contributed by atoms with E-state index in [2.05, 4.69) is 0 Å². The third kappa shape index (κ3) is 2.64. The molecule has 0 saturated carbocycles. The van der Waals surface area contributed by atoms with Crippen molar-refractivity contribution in [2.75, 3.05) is 0 Å². The van der Waals surface area contributed by atoms with Gasteiger partial charge in [0.25, 0.3) is 10.1 Å². The van der Waals surface area contributed by atoms with Crippen molar-refractivity contribution < 1.29 is 53.2 Å². The molecule has 0 N–H and O–H groups in total. The average molecular weight is 484 g/mol. The Morgan fingerprint density at radius 1 is 1.53 bits per heavy atom. The van der Waals surface area contributed by atoms with Crippen LogP contribution >= 0.6 is 0 Å². The van der Waals surface area contributed by atoms with Crippen molar-refractivity contribution in [3.05, 3.63) is 6.42 Å². The second kappa shape index (κ2) is 5.30. The minimum atomic E-state index is -3.35. The Morgan fingerprint density at radius 2 is 2.12 bits per heavy atom. The van der Waals surface area contributed by atoms with E-state index < -0.39 is 21.0 Å². The maximum absolute atomic E-state index is 11.4. The standard InChI is InChI=1S/C7H9O4S.C3H5O.U/c1-7-3-4-2-5(6(7)10-4)12(8,9)11-7;1-2-3-4;/h3-6H,2H2,1H3;2H2,1H3;/q2*-1;+2. The Morgan fingerprint density at radius 3 is 2.47 bits per heavy atom. The second-order valence-corrected chi connectivity index (χ2v) is 6.05. The maximum Gasteiger partial charge on any atom is 2.00 e. The van der Waals surface area contributed by atoms with Gasteiger partial charge in [0.05, 0.1) is 6.10 Å². The number of hydrogen-bond acceptors (Lipinski definition) is 5. The van der Waals surface area contributed by atoms with Crippen LogP contribution in [0.5, 0.6) is 0 Å². The molecule has 0 spiro atoms. The summed E-state index contributed by atoms with van der Waals surface area (Å²) in [5, 5.41) is -0.419. The van der Waals surface area contributed by atoms with Crippen molar-refractivity contribution in [3.63, 3.8) is 0 Å². The number of ether oxygens (including phenoxy) is 1. The van der Waals surface area contributed by atoms with Crippen LogP contribution < -0.4 is 0 Å². The molecule has 0 aromatic rings. The smallest absolute Gasteiger partial charge is 0.542 e. The topological polar surface area (TPSA) is 69.7 Å². The molecule has 5 nitrogen and oxygen atoms in total. The van der Waals surface area contributed by atoms with Gasteiger partial charge in [0, 0.05) is 0 Å². The Kier molecular flexibility index (Phi) is 4.88. The zero-order valence-electron chi connectivity index (χ0n) is 9.67. The van der Waals surface area contributed by atoms with E-state index in [4.69, 9.17) is 13.7 Å². The molecule has 17 heavy (non-hydrogen) atoms. The van der Waals surface area contributed by atoms with Crippen LogP contribution in [0.25, 0.3) is 0 Å². The van der Waals surface area contributed by atoms with Gasteiger partial charge in [-0.15, -0.1) is 0 Å². The number of rotatable bonds is 1. The van der Waals surface area contributed by atoms with Crippen LogP contribution in [0.4, 0.5) is 0 Å². The van der Waals surface area contributed by atoms with Crippen LogP contribution in [0.2, 0.25) is 0 Å². The summed E-state index contributed by atoms with van der Waals surface area (Å²) in [6, 6.07) is 0. The molecule has 0 radical (unpaired) electrons. The first kappa shape index (κ1) is 15.6. The molecule has 0 aromatic carbocycles. The summed E-state index contributed by atoms with van der Waals surface area (Å²) >= 11 is 0. The van der Waals surface area contributed by atoms with E-state index in [1.165, 1.54) is 0 Å². The zero-order chi connectivity index (χ0) is 12.0. The monoisotopic (exact) mass is 484 g/mol. The van der Waals surface area contributed by atoms with Crippen LogP contribution in [0.1, 0.15) is 26.7 Å². The molecular weight excluding hydrogens is 470 g/mol. The third-order valence-corrected chi connectivity index (χ3v) is 4.79. The van der Waals surface area contributed by atoms with Crippen LogP contribution in [0.15, 0.2) is 0 Å². The molecule has 0 aromatic heterocycles. The van der Waals surface area contributed by atoms with Gasteiger partial charge in [0.1, 0.15) is 5.25 Å². The number of hydrogen-bond donors (Lipinski definition) is 0. The van der Waals surface area contributed by atoms with Gasteiger partial charge in [-0.2, -0.15) is 14.8 Å². The van der Waals surface area contributed by atoms with Crippen molar-refractivity contribution in [1.82, 2.24) is 0 Å². The predicted molar refractivity (Wildman–Crippen MR) is 55.8 cm³/mol. The molecule has 0 aliphatic carbocycles. The fraction of sp³-hybridized carbons (Fsp3) is 0.800. The summed E-state index contributed by atoms with van der Waals surface area (Å²) in [6.45, 7) is 3.53. The SMILES string of the molecule is CC12[CH-]C3CC(C1O3)S(=O)(=O)O2.CC[C-]=O.[U+2]. The fourth-order valence-electron chi connectivity index (χ4n) is 2.42. The molecule has 7 heteroatoms. The number of fused-ring (bicyclic) bond motifs is 1. The van der Waals surface area contributed by atoms with Gasteiger partial charge in [-0.25, -0.2) is 0 Å². The minimum absolute atomic E-state index is 0. The first-order chi connectivity index (χ1) is 7.43. The second-order valence-electron chi connectivity index (χ2n) is 4.29. The summed E-state index contributed by atoms with van der Waals surface area (Å²) in [4.78, 5) is 9.05. The fourth-order valence-corrected chi connectivity index (χ4v) is 4.25. The molecule has 3 fully saturated rings. The van der Waals surface area contributed by atoms with E-state index in [0.29, 0.717) is 12.8 Å². The molecule has 94 valence electrons. The van der Waals surface area contributed by atoms with Crippen molar-refractivity contribution in [2.24, 2.45) is 0 Å². The molecule has 3 aliphatic heterocycles. The summed E-state index contributed by atoms with van der Waals surface area (Å²) in [7, 11) is -3.35. The molecular formula is C10H14O5SU. The van der Waals surface area contributed by atoms with Crippen LogP contribution in [0, 0.1) is 37.5 Å². The van der Waals surface area contributed by atoms with Crippen LogP contribution in [-0.4, -0.2) is 37.8 Å². The Balaban J connectivity index is 0.000000258. The summed E-state index contributed by atoms with van der Waals surface area (Å²) in [5.74, 6) is 0. The first-order valence-electron chi connectivity index (χ1n) is 5.24. The largest absolute Gasteiger partial charge is 2.00 e. The van der Waals surface area contributed by atoms with E-state index in [1.807, 2.05) is 6.42 Å². The van der Waals surface area contributed by atoms with E-state index >= 15 is 0 Å². The van der Waals surface area contributed by atoms with Gasteiger partial charge in [-0.05, 0) is 12.0 Å². The normalized spacial score (nSPS) is 43.5. The third-order valence-electron chi connectivity index (χ3n) is 3.02. The van der Waals surface area contributed by atoms with Crippen molar-refractivity contribution in [3.8, 4) is 0 Å². The van der Waals surface area contributed by atoms with E-state index in [1.54, 1.807) is 20.1 Å². The van der Waals surface area contributed by atoms with Crippen molar-refractivity contribution in [2.45, 2.75) is 49.7 Å². The summed E-state index contributed by atoms with van der Waals surface area (Å²) in [5.41, 5.74) is -0.674. The predicted octanol–water partition coefficient (Wildman–Crippen LogP) is 0.355. The van der Waals surface area contributed by atoms with E-state index in [9.17, 15) is 8.42 Å². The Bertz CT molecular complexity index is 396. The van der Waals surface area contributed by atoms with Gasteiger partial charge in [0.15, 0.2) is 0 Å². The van der Waals surface area contributed by atoms with E-state index in [-0.39, 0.29) is 43.3 Å². The Hall–Kier alpha value is 0.592. The van der Waals surface area contributed by atoms with Gasteiger partial charge in [-0.3, -0.25) is 16.9 Å². The maximum atomic E-state index is 11.4. The van der Waals surface area contributed by atoms with Gasteiger partial charge in [-0.1, -0.05) is 20.0 Å². The molecule has 4 unspecified atom stereocenters. The Labute approximate surface area is 125 Å².